The van der Waals surface area contributed by atoms with Gasteiger partial charge in [-0.3, -0.25) is 0 Å². The lowest BCUT2D eigenvalue weighted by molar-refractivity contribution is 0.371. The van der Waals surface area contributed by atoms with Crippen molar-refractivity contribution in [2.24, 2.45) is 5.92 Å². The standard InChI is InChI=1S/C15H24BrNO/c1-10(2)17-12(4)11(3)8-13-6-7-15(18-5)14(16)9-13/h6-7,9-12,17H,8H2,1-5H3. The normalized spacial score (nSPS) is 14.6. The van der Waals surface area contributed by atoms with Crippen LogP contribution in [0.5, 0.6) is 5.75 Å². The fraction of sp³-hybridized carbons (Fsp3) is 0.600. The van der Waals surface area contributed by atoms with Crippen molar-refractivity contribution in [3.63, 3.8) is 0 Å². The smallest absolute Gasteiger partial charge is 0.133 e. The topological polar surface area (TPSA) is 21.3 Å². The SMILES string of the molecule is COc1ccc(CC(C)C(C)NC(C)C)cc1Br. The highest BCUT2D eigenvalue weighted by Crippen LogP contribution is 2.26. The van der Waals surface area contributed by atoms with Crippen molar-refractivity contribution in [3.05, 3.63) is 28.2 Å². The minimum atomic E-state index is 0.519. The molecule has 0 saturated heterocycles. The minimum Gasteiger partial charge on any atom is -0.496 e. The summed E-state index contributed by atoms with van der Waals surface area (Å²) in [6, 6.07) is 7.36. The molecule has 2 nitrogen and oxygen atoms in total. The van der Waals surface area contributed by atoms with Gasteiger partial charge in [-0.2, -0.15) is 0 Å². The molecule has 1 aromatic rings. The van der Waals surface area contributed by atoms with Gasteiger partial charge in [-0.1, -0.05) is 26.8 Å². The van der Waals surface area contributed by atoms with E-state index in [1.54, 1.807) is 7.11 Å². The molecule has 2 atom stereocenters. The second kappa shape index (κ2) is 7.15. The van der Waals surface area contributed by atoms with Crippen molar-refractivity contribution < 1.29 is 4.74 Å². The van der Waals surface area contributed by atoms with Crippen molar-refractivity contribution in [2.75, 3.05) is 7.11 Å². The van der Waals surface area contributed by atoms with Crippen molar-refractivity contribution >= 4 is 15.9 Å². The first-order valence-corrected chi connectivity index (χ1v) is 7.31. The maximum Gasteiger partial charge on any atom is 0.133 e. The number of rotatable bonds is 6. The van der Waals surface area contributed by atoms with E-state index in [0.717, 1.165) is 16.6 Å². The summed E-state index contributed by atoms with van der Waals surface area (Å²) >= 11 is 3.53. The van der Waals surface area contributed by atoms with E-state index in [1.807, 2.05) is 6.07 Å². The second-order valence-electron chi connectivity index (χ2n) is 5.26. The lowest BCUT2D eigenvalue weighted by atomic mass is 9.94. The summed E-state index contributed by atoms with van der Waals surface area (Å²) in [6.45, 7) is 8.92. The van der Waals surface area contributed by atoms with Crippen LogP contribution in [0.2, 0.25) is 0 Å². The Morgan fingerprint density at radius 2 is 1.89 bits per heavy atom. The lowest BCUT2D eigenvalue weighted by Crippen LogP contribution is -2.37. The molecule has 2 unspecified atom stereocenters. The van der Waals surface area contributed by atoms with Crippen LogP contribution in [0.3, 0.4) is 0 Å². The summed E-state index contributed by atoms with van der Waals surface area (Å²) in [5, 5.41) is 3.56. The van der Waals surface area contributed by atoms with Gasteiger partial charge in [0.15, 0.2) is 0 Å². The Hall–Kier alpha value is -0.540. The van der Waals surface area contributed by atoms with Crippen LogP contribution in [-0.4, -0.2) is 19.2 Å². The van der Waals surface area contributed by atoms with E-state index in [4.69, 9.17) is 4.74 Å². The van der Waals surface area contributed by atoms with Crippen molar-refractivity contribution in [1.82, 2.24) is 5.32 Å². The molecule has 0 bridgehead atoms. The first kappa shape index (κ1) is 15.5. The third kappa shape index (κ3) is 4.62. The molecule has 0 radical (unpaired) electrons. The van der Waals surface area contributed by atoms with Crippen LogP contribution in [0.4, 0.5) is 0 Å². The molecule has 18 heavy (non-hydrogen) atoms. The maximum absolute atomic E-state index is 5.25. The van der Waals surface area contributed by atoms with Gasteiger partial charge < -0.3 is 10.1 Å². The number of methoxy groups -OCH3 is 1. The van der Waals surface area contributed by atoms with E-state index in [9.17, 15) is 0 Å². The number of nitrogens with one attached hydrogen (secondary N) is 1. The minimum absolute atomic E-state index is 0.519. The van der Waals surface area contributed by atoms with Crippen LogP contribution >= 0.6 is 15.9 Å². The number of hydrogen-bond acceptors (Lipinski definition) is 2. The monoisotopic (exact) mass is 313 g/mol. The highest BCUT2D eigenvalue weighted by Gasteiger charge is 2.14. The summed E-state index contributed by atoms with van der Waals surface area (Å²) in [4.78, 5) is 0. The molecule has 1 rings (SSSR count). The Morgan fingerprint density at radius 1 is 1.22 bits per heavy atom. The van der Waals surface area contributed by atoms with Gasteiger partial charge in [0.05, 0.1) is 11.6 Å². The average Bonchev–Trinajstić information content (AvgIpc) is 2.28. The van der Waals surface area contributed by atoms with Crippen molar-refractivity contribution in [2.45, 2.75) is 46.2 Å². The van der Waals surface area contributed by atoms with Gasteiger partial charge in [0, 0.05) is 12.1 Å². The van der Waals surface area contributed by atoms with Crippen LogP contribution < -0.4 is 10.1 Å². The van der Waals surface area contributed by atoms with Gasteiger partial charge in [-0.05, 0) is 52.9 Å². The Kier molecular flexibility index (Phi) is 6.16. The van der Waals surface area contributed by atoms with Gasteiger partial charge in [0.1, 0.15) is 5.75 Å². The summed E-state index contributed by atoms with van der Waals surface area (Å²) in [5.41, 5.74) is 1.34. The molecule has 102 valence electrons. The van der Waals surface area contributed by atoms with Crippen LogP contribution in [0.1, 0.15) is 33.3 Å². The van der Waals surface area contributed by atoms with Crippen LogP contribution in [0.15, 0.2) is 22.7 Å². The zero-order valence-electron chi connectivity index (χ0n) is 12.0. The Labute approximate surface area is 119 Å². The van der Waals surface area contributed by atoms with Gasteiger partial charge in [0.2, 0.25) is 0 Å². The largest absolute Gasteiger partial charge is 0.496 e. The van der Waals surface area contributed by atoms with Crippen molar-refractivity contribution in [3.8, 4) is 5.75 Å². The lowest BCUT2D eigenvalue weighted by Gasteiger charge is -2.23. The number of ether oxygens (including phenoxy) is 1. The van der Waals surface area contributed by atoms with E-state index in [0.29, 0.717) is 18.0 Å². The fourth-order valence-corrected chi connectivity index (χ4v) is 2.66. The predicted molar refractivity (Wildman–Crippen MR) is 81.3 cm³/mol. The molecule has 0 fully saturated rings. The van der Waals surface area contributed by atoms with Crippen LogP contribution in [0, 0.1) is 5.92 Å². The molecule has 0 aromatic heterocycles. The van der Waals surface area contributed by atoms with Crippen molar-refractivity contribution in [1.29, 1.82) is 0 Å². The maximum atomic E-state index is 5.25. The zero-order chi connectivity index (χ0) is 13.7. The van der Waals surface area contributed by atoms with E-state index in [1.165, 1.54) is 5.56 Å². The summed E-state index contributed by atoms with van der Waals surface area (Å²) in [6.07, 6.45) is 1.07. The summed E-state index contributed by atoms with van der Waals surface area (Å²) < 4.78 is 6.27. The van der Waals surface area contributed by atoms with E-state index >= 15 is 0 Å². The second-order valence-corrected chi connectivity index (χ2v) is 6.11. The average molecular weight is 314 g/mol. The number of hydrogen-bond donors (Lipinski definition) is 1. The first-order chi connectivity index (χ1) is 8.43. The predicted octanol–water partition coefficient (Wildman–Crippen LogP) is 4.02. The zero-order valence-corrected chi connectivity index (χ0v) is 13.5. The molecule has 1 aromatic carbocycles. The molecule has 1 N–H and O–H groups in total. The quantitative estimate of drug-likeness (QED) is 0.856. The highest BCUT2D eigenvalue weighted by molar-refractivity contribution is 9.10. The van der Waals surface area contributed by atoms with Gasteiger partial charge in [-0.25, -0.2) is 0 Å². The summed E-state index contributed by atoms with van der Waals surface area (Å²) in [7, 11) is 1.69. The molecule has 0 aliphatic carbocycles. The van der Waals surface area contributed by atoms with Gasteiger partial charge >= 0.3 is 0 Å². The molecular weight excluding hydrogens is 290 g/mol. The van der Waals surface area contributed by atoms with Gasteiger partial charge in [0.25, 0.3) is 0 Å². The number of benzene rings is 1. The third-order valence-electron chi connectivity index (χ3n) is 3.22. The molecule has 0 spiro atoms. The molecule has 0 amide bonds. The molecule has 0 heterocycles. The van der Waals surface area contributed by atoms with E-state index in [-0.39, 0.29) is 0 Å². The molecule has 0 saturated carbocycles. The fourth-order valence-electron chi connectivity index (χ4n) is 2.08. The Morgan fingerprint density at radius 3 is 2.39 bits per heavy atom. The Bertz CT molecular complexity index is 379. The number of halogens is 1. The van der Waals surface area contributed by atoms with Gasteiger partial charge in [-0.15, -0.1) is 0 Å². The molecule has 0 aliphatic heterocycles. The third-order valence-corrected chi connectivity index (χ3v) is 3.84. The highest BCUT2D eigenvalue weighted by atomic mass is 79.9. The Balaban J connectivity index is 2.64. The first-order valence-electron chi connectivity index (χ1n) is 6.52. The molecule has 3 heteroatoms. The van der Waals surface area contributed by atoms with Crippen LogP contribution in [-0.2, 0) is 6.42 Å². The molecular formula is C15H24BrNO. The van der Waals surface area contributed by atoms with Crippen LogP contribution in [0.25, 0.3) is 0 Å². The van der Waals surface area contributed by atoms with E-state index in [2.05, 4.69) is 61.1 Å². The van der Waals surface area contributed by atoms with E-state index < -0.39 is 0 Å². The molecule has 0 aliphatic rings. The summed E-state index contributed by atoms with van der Waals surface area (Å²) in [5.74, 6) is 1.49.